The number of carbonyl (C=O) groups excluding carboxylic acids is 1. The quantitative estimate of drug-likeness (QED) is 0.136. The van der Waals surface area contributed by atoms with Gasteiger partial charge in [0.2, 0.25) is 5.91 Å². The Morgan fingerprint density at radius 2 is 1.71 bits per heavy atom. The Labute approximate surface area is 230 Å². The van der Waals surface area contributed by atoms with Crippen LogP contribution in [0, 0.1) is 0 Å². The van der Waals surface area contributed by atoms with Crippen molar-refractivity contribution in [2.24, 2.45) is 0 Å². The van der Waals surface area contributed by atoms with Crippen molar-refractivity contribution in [3.8, 4) is 5.75 Å². The van der Waals surface area contributed by atoms with E-state index in [1.165, 1.54) is 0 Å². The third-order valence-electron chi connectivity index (χ3n) is 6.88. The Balaban J connectivity index is 1.54. The molecule has 11 heteroatoms. The summed E-state index contributed by atoms with van der Waals surface area (Å²) >= 11 is 6.47. The van der Waals surface area contributed by atoms with Crippen molar-refractivity contribution in [1.82, 2.24) is 5.32 Å². The maximum absolute atomic E-state index is 12.0. The summed E-state index contributed by atoms with van der Waals surface area (Å²) in [5.74, 6) is 0.707. The molecule has 0 spiro atoms. The van der Waals surface area contributed by atoms with E-state index >= 15 is 0 Å². The smallest absolute Gasteiger partial charge is 0.220 e. The summed E-state index contributed by atoms with van der Waals surface area (Å²) < 4.78 is 5.71. The molecular weight excluding hydrogens is 534 g/mol. The highest BCUT2D eigenvalue weighted by Gasteiger charge is 2.40. The highest BCUT2D eigenvalue weighted by Crippen LogP contribution is 2.48. The summed E-state index contributed by atoms with van der Waals surface area (Å²) in [5.41, 5.74) is 1.36. The van der Waals surface area contributed by atoms with Gasteiger partial charge in [0.25, 0.3) is 0 Å². The number of halogens is 1. The average Bonchev–Trinajstić information content (AvgIpc) is 2.91. The summed E-state index contributed by atoms with van der Waals surface area (Å²) in [7, 11) is -0.722. The number of amides is 1. The Kier molecular flexibility index (Phi) is 11.3. The lowest BCUT2D eigenvalue weighted by molar-refractivity contribution is -0.125. The summed E-state index contributed by atoms with van der Waals surface area (Å²) in [5, 5.41) is 61.5. The molecule has 2 aromatic carbocycles. The molecule has 0 saturated carbocycles. The van der Waals surface area contributed by atoms with Crippen LogP contribution in [0.2, 0.25) is 5.02 Å². The van der Waals surface area contributed by atoms with E-state index in [1.54, 1.807) is 6.07 Å². The van der Waals surface area contributed by atoms with E-state index in [4.69, 9.17) is 16.3 Å². The highest BCUT2D eigenvalue weighted by atomic mass is 35.5. The maximum atomic E-state index is 12.0. The van der Waals surface area contributed by atoms with Crippen molar-refractivity contribution in [2.45, 2.75) is 48.4 Å². The Hall–Kier alpha value is -1.89. The summed E-state index contributed by atoms with van der Waals surface area (Å²) in [4.78, 5) is 12.0. The molecule has 1 saturated heterocycles. The first kappa shape index (κ1) is 30.6. The SMILES string of the molecule is C[SH]1C[C@@H](O)[C@@H](O)[C@@H](O)[C@@H]1c1ccc(Cl)c(Cc2ccc(OCCCC(=O)NC(CO)(CO)CO)cc2)c1. The first-order chi connectivity index (χ1) is 18.1. The first-order valence-electron chi connectivity index (χ1n) is 12.5. The molecule has 0 bridgehead atoms. The zero-order valence-electron chi connectivity index (χ0n) is 21.3. The molecule has 1 fully saturated rings. The van der Waals surface area contributed by atoms with Gasteiger partial charge in [0.05, 0.1) is 38.6 Å². The third kappa shape index (κ3) is 7.61. The Bertz CT molecular complexity index is 1040. The second-order valence-electron chi connectivity index (χ2n) is 9.86. The van der Waals surface area contributed by atoms with Crippen LogP contribution >= 0.6 is 22.5 Å². The van der Waals surface area contributed by atoms with E-state index in [0.29, 0.717) is 29.4 Å². The molecular formula is C27H38ClNO8S. The fourth-order valence-corrected chi connectivity index (χ4v) is 7.12. The van der Waals surface area contributed by atoms with Crippen molar-refractivity contribution in [2.75, 3.05) is 38.4 Å². The second-order valence-corrected chi connectivity index (χ2v) is 12.7. The van der Waals surface area contributed by atoms with Gasteiger partial charge in [-0.05, 0) is 54.0 Å². The van der Waals surface area contributed by atoms with Crippen LogP contribution in [0.5, 0.6) is 5.75 Å². The van der Waals surface area contributed by atoms with Gasteiger partial charge >= 0.3 is 0 Å². The number of rotatable bonds is 12. The molecule has 3 rings (SSSR count). The van der Waals surface area contributed by atoms with Crippen LogP contribution in [0.15, 0.2) is 42.5 Å². The molecule has 2 aromatic rings. The number of thiol groups is 1. The first-order valence-corrected chi connectivity index (χ1v) is 14.9. The van der Waals surface area contributed by atoms with Gasteiger partial charge in [-0.1, -0.05) is 35.9 Å². The van der Waals surface area contributed by atoms with Crippen LogP contribution in [0.3, 0.4) is 0 Å². The van der Waals surface area contributed by atoms with Gasteiger partial charge in [-0.3, -0.25) is 4.79 Å². The van der Waals surface area contributed by atoms with Gasteiger partial charge in [-0.2, -0.15) is 0 Å². The largest absolute Gasteiger partial charge is 0.494 e. The zero-order chi connectivity index (χ0) is 27.9. The molecule has 1 aliphatic heterocycles. The van der Waals surface area contributed by atoms with E-state index < -0.39 is 60.5 Å². The van der Waals surface area contributed by atoms with Crippen molar-refractivity contribution < 1.29 is 40.2 Å². The molecule has 5 atom stereocenters. The van der Waals surface area contributed by atoms with E-state index in [9.17, 15) is 35.4 Å². The molecule has 38 heavy (non-hydrogen) atoms. The monoisotopic (exact) mass is 571 g/mol. The van der Waals surface area contributed by atoms with E-state index in [2.05, 4.69) is 5.32 Å². The number of benzene rings is 2. The molecule has 212 valence electrons. The molecule has 0 aromatic heterocycles. The van der Waals surface area contributed by atoms with Crippen molar-refractivity contribution in [1.29, 1.82) is 0 Å². The molecule has 1 amide bonds. The zero-order valence-corrected chi connectivity index (χ0v) is 23.0. The lowest BCUT2D eigenvalue weighted by Gasteiger charge is -2.42. The lowest BCUT2D eigenvalue weighted by Crippen LogP contribution is -2.57. The molecule has 0 radical (unpaired) electrons. The van der Waals surface area contributed by atoms with Crippen LogP contribution in [-0.4, -0.2) is 98.8 Å². The minimum Gasteiger partial charge on any atom is -0.494 e. The second kappa shape index (κ2) is 14.0. The van der Waals surface area contributed by atoms with Crippen LogP contribution < -0.4 is 10.1 Å². The predicted molar refractivity (Wildman–Crippen MR) is 148 cm³/mol. The number of ether oxygens (including phenoxy) is 1. The summed E-state index contributed by atoms with van der Waals surface area (Å²) in [6.45, 7) is -1.42. The molecule has 9 nitrogen and oxygen atoms in total. The minimum atomic E-state index is -1.44. The molecule has 0 aliphatic carbocycles. The number of aliphatic hydroxyl groups is 6. The summed E-state index contributed by atoms with van der Waals surface area (Å²) in [6.07, 6.45) is -0.0175. The van der Waals surface area contributed by atoms with E-state index in [-0.39, 0.29) is 18.3 Å². The van der Waals surface area contributed by atoms with Gasteiger partial charge < -0.3 is 40.7 Å². The van der Waals surface area contributed by atoms with Gasteiger partial charge in [-0.15, -0.1) is 0 Å². The number of hydrogen-bond acceptors (Lipinski definition) is 8. The third-order valence-corrected chi connectivity index (χ3v) is 9.75. The van der Waals surface area contributed by atoms with Crippen LogP contribution in [0.25, 0.3) is 0 Å². The van der Waals surface area contributed by atoms with E-state index in [1.807, 2.05) is 42.7 Å². The van der Waals surface area contributed by atoms with E-state index in [0.717, 1.165) is 16.7 Å². The van der Waals surface area contributed by atoms with Crippen LogP contribution in [0.1, 0.15) is 34.8 Å². The molecule has 1 aliphatic rings. The fraction of sp³-hybridized carbons (Fsp3) is 0.519. The molecule has 1 heterocycles. The summed E-state index contributed by atoms with van der Waals surface area (Å²) in [6, 6.07) is 13.1. The minimum absolute atomic E-state index is 0.111. The van der Waals surface area contributed by atoms with Gasteiger partial charge in [0.1, 0.15) is 17.4 Å². The number of hydrogen-bond donors (Lipinski definition) is 8. The maximum Gasteiger partial charge on any atom is 0.220 e. The molecule has 1 unspecified atom stereocenters. The van der Waals surface area contributed by atoms with Crippen molar-refractivity contribution in [3.05, 3.63) is 64.2 Å². The Morgan fingerprint density at radius 1 is 1.05 bits per heavy atom. The highest BCUT2D eigenvalue weighted by molar-refractivity contribution is 8.16. The van der Waals surface area contributed by atoms with Gasteiger partial charge in [-0.25, -0.2) is 10.9 Å². The van der Waals surface area contributed by atoms with Gasteiger partial charge in [0.15, 0.2) is 0 Å². The van der Waals surface area contributed by atoms with Crippen LogP contribution in [-0.2, 0) is 11.2 Å². The van der Waals surface area contributed by atoms with Gasteiger partial charge in [0, 0.05) is 22.4 Å². The topological polar surface area (TPSA) is 160 Å². The fourth-order valence-electron chi connectivity index (χ4n) is 4.53. The standard InChI is InChI=1S/C27H38ClNO8S/c1-38-13-22(33)24(35)25(36)26(38)18-6-9-21(28)19(12-18)11-17-4-7-20(8-5-17)37-10-2-3-23(34)29-27(14-30,15-31)16-32/h4-9,12,22,24-26,30-33,35-36,38H,2-3,10-11,13-16H2,1H3,(H,29,34)/t22-,24-,25-,26+/m1/s1. The number of nitrogens with one attached hydrogen (secondary N) is 1. The predicted octanol–water partition coefficient (Wildman–Crippen LogP) is 0.690. The van der Waals surface area contributed by atoms with Crippen LogP contribution in [0.4, 0.5) is 0 Å². The van der Waals surface area contributed by atoms with Crippen molar-refractivity contribution in [3.63, 3.8) is 0 Å². The Morgan fingerprint density at radius 3 is 2.34 bits per heavy atom. The normalized spacial score (nSPS) is 24.7. The lowest BCUT2D eigenvalue weighted by atomic mass is 9.96. The number of aliphatic hydroxyl groups excluding tert-OH is 6. The van der Waals surface area contributed by atoms with Crippen molar-refractivity contribution >= 4 is 28.4 Å². The molecule has 7 N–H and O–H groups in total. The number of carbonyl (C=O) groups is 1. The average molecular weight is 572 g/mol.